The van der Waals surface area contributed by atoms with Crippen LogP contribution in [0.5, 0.6) is 5.75 Å². The molecule has 0 saturated carbocycles. The summed E-state index contributed by atoms with van der Waals surface area (Å²) >= 11 is 1.47. The number of nitrogens with zero attached hydrogens (tertiary/aromatic N) is 2. The van der Waals surface area contributed by atoms with Crippen molar-refractivity contribution in [3.8, 4) is 17.0 Å². The minimum absolute atomic E-state index is 0.0805. The zero-order valence-electron chi connectivity index (χ0n) is 14.5. The number of methoxy groups -OCH3 is 1. The summed E-state index contributed by atoms with van der Waals surface area (Å²) in [7, 11) is 3.59. The summed E-state index contributed by atoms with van der Waals surface area (Å²) < 4.78 is 7.16. The summed E-state index contributed by atoms with van der Waals surface area (Å²) in [6, 6.07) is 17.3. The highest BCUT2D eigenvalue weighted by molar-refractivity contribution is 8.00. The van der Waals surface area contributed by atoms with Crippen LogP contribution in [-0.2, 0) is 7.05 Å². The summed E-state index contributed by atoms with van der Waals surface area (Å²) in [5.41, 5.74) is 2.82. The summed E-state index contributed by atoms with van der Waals surface area (Å²) in [5.74, 6) is 0.824. The zero-order valence-corrected chi connectivity index (χ0v) is 15.3. The first kappa shape index (κ1) is 17.3. The average molecular weight is 352 g/mol. The number of carbonyl (C=O) groups excluding carboxylic acids is 1. The van der Waals surface area contributed by atoms with Gasteiger partial charge in [0.15, 0.2) is 10.9 Å². The van der Waals surface area contributed by atoms with Gasteiger partial charge in [0.05, 0.1) is 24.3 Å². The van der Waals surface area contributed by atoms with Gasteiger partial charge in [-0.3, -0.25) is 4.79 Å². The fourth-order valence-electron chi connectivity index (χ4n) is 2.58. The number of hydrogen-bond acceptors (Lipinski definition) is 4. The third kappa shape index (κ3) is 3.77. The second-order valence-corrected chi connectivity index (χ2v) is 7.01. The van der Waals surface area contributed by atoms with E-state index in [1.54, 1.807) is 31.4 Å². The standard InChI is InChI=1S/C20H20N2O2S/c1-14(19(23)16-9-11-17(24-3)12-10-16)25-20-21-13-18(22(20)2)15-7-5-4-6-8-15/h4-14H,1-3H3. The van der Waals surface area contributed by atoms with E-state index in [9.17, 15) is 4.79 Å². The topological polar surface area (TPSA) is 44.1 Å². The normalized spacial score (nSPS) is 12.0. The number of thioether (sulfide) groups is 1. The molecule has 0 aliphatic heterocycles. The molecule has 1 heterocycles. The first-order valence-electron chi connectivity index (χ1n) is 8.02. The van der Waals surface area contributed by atoms with Crippen LogP contribution in [0.25, 0.3) is 11.3 Å². The lowest BCUT2D eigenvalue weighted by Crippen LogP contribution is -2.14. The van der Waals surface area contributed by atoms with Gasteiger partial charge in [-0.05, 0) is 36.8 Å². The van der Waals surface area contributed by atoms with E-state index < -0.39 is 0 Å². The average Bonchev–Trinajstić information content (AvgIpc) is 3.02. The lowest BCUT2D eigenvalue weighted by Gasteiger charge is -2.11. The number of aromatic nitrogens is 2. The predicted molar refractivity (Wildman–Crippen MR) is 101 cm³/mol. The van der Waals surface area contributed by atoms with E-state index in [1.807, 2.05) is 42.9 Å². The van der Waals surface area contributed by atoms with E-state index in [-0.39, 0.29) is 11.0 Å². The highest BCUT2D eigenvalue weighted by atomic mass is 32.2. The summed E-state index contributed by atoms with van der Waals surface area (Å²) in [6.45, 7) is 1.91. The highest BCUT2D eigenvalue weighted by Crippen LogP contribution is 2.29. The smallest absolute Gasteiger partial charge is 0.175 e. The number of rotatable bonds is 6. The fourth-order valence-corrected chi connectivity index (χ4v) is 3.51. The van der Waals surface area contributed by atoms with Crippen LogP contribution < -0.4 is 4.74 Å². The minimum atomic E-state index is -0.224. The molecule has 1 unspecified atom stereocenters. The molecule has 4 nitrogen and oxygen atoms in total. The largest absolute Gasteiger partial charge is 0.497 e. The maximum absolute atomic E-state index is 12.6. The van der Waals surface area contributed by atoms with Gasteiger partial charge in [-0.25, -0.2) is 4.98 Å². The molecular weight excluding hydrogens is 332 g/mol. The molecule has 1 aromatic heterocycles. The van der Waals surface area contributed by atoms with Crippen molar-refractivity contribution in [2.45, 2.75) is 17.3 Å². The molecule has 0 spiro atoms. The number of ketones is 1. The Balaban J connectivity index is 1.75. The van der Waals surface area contributed by atoms with E-state index in [1.165, 1.54) is 11.8 Å². The zero-order chi connectivity index (χ0) is 17.8. The Bertz CT molecular complexity index is 857. The van der Waals surface area contributed by atoms with Crippen molar-refractivity contribution >= 4 is 17.5 Å². The number of hydrogen-bond donors (Lipinski definition) is 0. The van der Waals surface area contributed by atoms with Crippen LogP contribution in [0.15, 0.2) is 66.0 Å². The van der Waals surface area contributed by atoms with Crippen molar-refractivity contribution in [2.24, 2.45) is 7.05 Å². The Hall–Kier alpha value is -2.53. The van der Waals surface area contributed by atoms with Gasteiger partial charge in [0, 0.05) is 12.6 Å². The molecule has 0 amide bonds. The molecule has 0 radical (unpaired) electrons. The quantitative estimate of drug-likeness (QED) is 0.485. The number of benzene rings is 2. The Morgan fingerprint density at radius 2 is 1.80 bits per heavy atom. The van der Waals surface area contributed by atoms with Gasteiger partial charge in [0.2, 0.25) is 0 Å². The van der Waals surface area contributed by atoms with Crippen molar-refractivity contribution < 1.29 is 9.53 Å². The van der Waals surface area contributed by atoms with Gasteiger partial charge in [0.25, 0.3) is 0 Å². The maximum atomic E-state index is 12.6. The molecule has 0 fully saturated rings. The lowest BCUT2D eigenvalue weighted by atomic mass is 10.1. The van der Waals surface area contributed by atoms with Crippen molar-refractivity contribution in [2.75, 3.05) is 7.11 Å². The molecule has 0 saturated heterocycles. The van der Waals surface area contributed by atoms with Gasteiger partial charge < -0.3 is 9.30 Å². The van der Waals surface area contributed by atoms with Crippen LogP contribution >= 0.6 is 11.8 Å². The van der Waals surface area contributed by atoms with Gasteiger partial charge in [-0.2, -0.15) is 0 Å². The lowest BCUT2D eigenvalue weighted by molar-refractivity contribution is 0.0994. The van der Waals surface area contributed by atoms with Crippen molar-refractivity contribution in [3.05, 3.63) is 66.4 Å². The Kier molecular flexibility index (Phi) is 5.24. The summed E-state index contributed by atoms with van der Waals surface area (Å²) in [6.07, 6.45) is 1.85. The second kappa shape index (κ2) is 7.57. The molecule has 0 aliphatic rings. The van der Waals surface area contributed by atoms with E-state index in [4.69, 9.17) is 4.74 Å². The van der Waals surface area contributed by atoms with E-state index in [0.717, 1.165) is 22.2 Å². The maximum Gasteiger partial charge on any atom is 0.175 e. The Labute approximate surface area is 151 Å². The fraction of sp³-hybridized carbons (Fsp3) is 0.200. The Morgan fingerprint density at radius 1 is 1.12 bits per heavy atom. The van der Waals surface area contributed by atoms with Crippen LogP contribution in [0.1, 0.15) is 17.3 Å². The van der Waals surface area contributed by atoms with E-state index in [2.05, 4.69) is 17.1 Å². The van der Waals surface area contributed by atoms with Crippen molar-refractivity contribution in [3.63, 3.8) is 0 Å². The molecule has 0 N–H and O–H groups in total. The summed E-state index contributed by atoms with van der Waals surface area (Å²) in [5, 5.41) is 0.603. The van der Waals surface area contributed by atoms with Crippen LogP contribution in [0.2, 0.25) is 0 Å². The number of ether oxygens (including phenoxy) is 1. The molecule has 3 aromatic rings. The molecule has 0 bridgehead atoms. The number of imidazole rings is 1. The van der Waals surface area contributed by atoms with Crippen LogP contribution in [0.4, 0.5) is 0 Å². The second-order valence-electron chi connectivity index (χ2n) is 5.70. The van der Waals surface area contributed by atoms with Crippen molar-refractivity contribution in [1.82, 2.24) is 9.55 Å². The molecule has 2 aromatic carbocycles. The number of carbonyl (C=O) groups is 1. The first-order valence-corrected chi connectivity index (χ1v) is 8.90. The van der Waals surface area contributed by atoms with Crippen LogP contribution in [0, 0.1) is 0 Å². The SMILES string of the molecule is COc1ccc(C(=O)C(C)Sc2ncc(-c3ccccc3)n2C)cc1. The molecule has 1 atom stereocenters. The van der Waals surface area contributed by atoms with E-state index in [0.29, 0.717) is 5.56 Å². The molecule has 25 heavy (non-hydrogen) atoms. The summed E-state index contributed by atoms with van der Waals surface area (Å²) in [4.78, 5) is 17.1. The van der Waals surface area contributed by atoms with E-state index >= 15 is 0 Å². The van der Waals surface area contributed by atoms with Gasteiger partial charge in [-0.15, -0.1) is 0 Å². The highest BCUT2D eigenvalue weighted by Gasteiger charge is 2.19. The van der Waals surface area contributed by atoms with Crippen LogP contribution in [-0.4, -0.2) is 27.7 Å². The monoisotopic (exact) mass is 352 g/mol. The Morgan fingerprint density at radius 3 is 2.44 bits per heavy atom. The minimum Gasteiger partial charge on any atom is -0.497 e. The molecule has 3 rings (SSSR count). The molecule has 0 aliphatic carbocycles. The first-order chi connectivity index (χ1) is 12.1. The van der Waals surface area contributed by atoms with Crippen LogP contribution in [0.3, 0.4) is 0 Å². The van der Waals surface area contributed by atoms with Crippen molar-refractivity contribution in [1.29, 1.82) is 0 Å². The number of Topliss-reactive ketones (excluding diaryl/α,β-unsaturated/α-hetero) is 1. The third-order valence-electron chi connectivity index (χ3n) is 4.04. The van der Waals surface area contributed by atoms with Gasteiger partial charge >= 0.3 is 0 Å². The molecular formula is C20H20N2O2S. The van der Waals surface area contributed by atoms with Gasteiger partial charge in [0.1, 0.15) is 5.75 Å². The third-order valence-corrected chi connectivity index (χ3v) is 5.20. The predicted octanol–water partition coefficient (Wildman–Crippen LogP) is 4.46. The molecule has 5 heteroatoms. The molecule has 128 valence electrons. The van der Waals surface area contributed by atoms with Gasteiger partial charge in [-0.1, -0.05) is 42.1 Å².